The summed E-state index contributed by atoms with van der Waals surface area (Å²) in [6.07, 6.45) is 2.86. The second-order valence-electron chi connectivity index (χ2n) is 4.99. The van der Waals surface area contributed by atoms with Gasteiger partial charge in [0.15, 0.2) is 0 Å². The van der Waals surface area contributed by atoms with E-state index in [1.807, 2.05) is 30.5 Å². The van der Waals surface area contributed by atoms with Crippen molar-refractivity contribution in [3.8, 4) is 0 Å². The summed E-state index contributed by atoms with van der Waals surface area (Å²) in [5.74, 6) is 0.604. The molecule has 0 radical (unpaired) electrons. The van der Waals surface area contributed by atoms with Crippen LogP contribution in [0.3, 0.4) is 0 Å². The van der Waals surface area contributed by atoms with Crippen molar-refractivity contribution in [2.75, 3.05) is 18.7 Å². The van der Waals surface area contributed by atoms with E-state index in [0.29, 0.717) is 12.4 Å². The SMILES string of the molecule is CSc1ccccc1C(=O)NCC(C)(C)CCCl. The minimum Gasteiger partial charge on any atom is -0.351 e. The maximum atomic E-state index is 12.1. The van der Waals surface area contributed by atoms with Crippen molar-refractivity contribution in [2.24, 2.45) is 5.41 Å². The summed E-state index contributed by atoms with van der Waals surface area (Å²) in [5.41, 5.74) is 0.776. The van der Waals surface area contributed by atoms with Crippen LogP contribution in [-0.4, -0.2) is 24.6 Å². The number of hydrogen-bond acceptors (Lipinski definition) is 2. The van der Waals surface area contributed by atoms with Gasteiger partial charge in [0.1, 0.15) is 0 Å². The second kappa shape index (κ2) is 7.05. The summed E-state index contributed by atoms with van der Waals surface area (Å²) in [5, 5.41) is 2.99. The number of halogens is 1. The zero-order valence-corrected chi connectivity index (χ0v) is 12.7. The first-order valence-electron chi connectivity index (χ1n) is 5.97. The van der Waals surface area contributed by atoms with Crippen molar-refractivity contribution >= 4 is 29.3 Å². The molecular formula is C14H20ClNOS. The lowest BCUT2D eigenvalue weighted by atomic mass is 9.90. The van der Waals surface area contributed by atoms with Crippen LogP contribution in [0, 0.1) is 5.41 Å². The topological polar surface area (TPSA) is 29.1 Å². The number of benzene rings is 1. The number of carbonyl (C=O) groups is 1. The van der Waals surface area contributed by atoms with E-state index < -0.39 is 0 Å². The fourth-order valence-corrected chi connectivity index (χ4v) is 2.70. The standard InChI is InChI=1S/C14H20ClNOS/c1-14(2,8-9-15)10-16-13(17)11-6-4-5-7-12(11)18-3/h4-7H,8-10H2,1-3H3,(H,16,17). The molecule has 0 heterocycles. The van der Waals surface area contributed by atoms with Crippen molar-refractivity contribution in [1.29, 1.82) is 0 Å². The lowest BCUT2D eigenvalue weighted by Gasteiger charge is -2.24. The average molecular weight is 286 g/mol. The predicted molar refractivity (Wildman–Crippen MR) is 79.7 cm³/mol. The highest BCUT2D eigenvalue weighted by atomic mass is 35.5. The zero-order valence-electron chi connectivity index (χ0n) is 11.1. The molecule has 0 saturated heterocycles. The summed E-state index contributed by atoms with van der Waals surface area (Å²) in [4.78, 5) is 13.1. The van der Waals surface area contributed by atoms with E-state index in [1.54, 1.807) is 11.8 Å². The molecule has 18 heavy (non-hydrogen) atoms. The quantitative estimate of drug-likeness (QED) is 0.636. The Labute approximate surface area is 118 Å². The minimum atomic E-state index is -0.0115. The van der Waals surface area contributed by atoms with Crippen molar-refractivity contribution < 1.29 is 4.79 Å². The van der Waals surface area contributed by atoms with Crippen LogP contribution in [0.4, 0.5) is 0 Å². The molecule has 1 N–H and O–H groups in total. The number of nitrogens with one attached hydrogen (secondary N) is 1. The predicted octanol–water partition coefficient (Wildman–Crippen LogP) is 3.79. The molecule has 100 valence electrons. The van der Waals surface area contributed by atoms with E-state index in [2.05, 4.69) is 19.2 Å². The van der Waals surface area contributed by atoms with E-state index >= 15 is 0 Å². The molecule has 2 nitrogen and oxygen atoms in total. The molecule has 0 aliphatic rings. The molecule has 4 heteroatoms. The molecule has 0 bridgehead atoms. The lowest BCUT2D eigenvalue weighted by molar-refractivity contribution is 0.0933. The van der Waals surface area contributed by atoms with Crippen molar-refractivity contribution in [3.63, 3.8) is 0 Å². The Kier molecular flexibility index (Phi) is 6.03. The molecule has 0 atom stereocenters. The highest BCUT2D eigenvalue weighted by Crippen LogP contribution is 2.22. The molecule has 0 aliphatic carbocycles. The van der Waals surface area contributed by atoms with Crippen molar-refractivity contribution in [3.05, 3.63) is 29.8 Å². The maximum Gasteiger partial charge on any atom is 0.252 e. The van der Waals surface area contributed by atoms with Gasteiger partial charge in [-0.3, -0.25) is 4.79 Å². The first kappa shape index (κ1) is 15.4. The third kappa shape index (κ3) is 4.54. The summed E-state index contributed by atoms with van der Waals surface area (Å²) in [7, 11) is 0. The molecule has 0 spiro atoms. The molecule has 1 rings (SSSR count). The Morgan fingerprint density at radius 2 is 2.06 bits per heavy atom. The highest BCUT2D eigenvalue weighted by Gasteiger charge is 2.19. The van der Waals surface area contributed by atoms with E-state index in [1.165, 1.54) is 0 Å². The van der Waals surface area contributed by atoms with Crippen LogP contribution in [0.25, 0.3) is 0 Å². The normalized spacial score (nSPS) is 11.3. The largest absolute Gasteiger partial charge is 0.351 e. The first-order valence-corrected chi connectivity index (χ1v) is 7.73. The van der Waals surface area contributed by atoms with Gasteiger partial charge in [0.25, 0.3) is 5.91 Å². The van der Waals surface area contributed by atoms with Gasteiger partial charge in [-0.05, 0) is 30.2 Å². The Bertz CT molecular complexity index is 407. The Morgan fingerprint density at radius 3 is 2.67 bits per heavy atom. The summed E-state index contributed by atoms with van der Waals surface area (Å²) in [6, 6.07) is 7.65. The molecule has 0 aliphatic heterocycles. The van der Waals surface area contributed by atoms with E-state index in [9.17, 15) is 4.79 Å². The second-order valence-corrected chi connectivity index (χ2v) is 6.21. The van der Waals surface area contributed by atoms with Gasteiger partial charge < -0.3 is 5.32 Å². The molecule has 0 unspecified atom stereocenters. The third-order valence-electron chi connectivity index (χ3n) is 2.85. The third-order valence-corrected chi connectivity index (χ3v) is 3.84. The van der Waals surface area contributed by atoms with E-state index in [4.69, 9.17) is 11.6 Å². The molecule has 0 aromatic heterocycles. The minimum absolute atomic E-state index is 0.0115. The Morgan fingerprint density at radius 1 is 1.39 bits per heavy atom. The fourth-order valence-electron chi connectivity index (χ4n) is 1.59. The highest BCUT2D eigenvalue weighted by molar-refractivity contribution is 7.98. The summed E-state index contributed by atoms with van der Waals surface area (Å²) in [6.45, 7) is 4.85. The molecule has 0 fully saturated rings. The molecule has 1 aromatic rings. The van der Waals surface area contributed by atoms with Gasteiger partial charge in [0.2, 0.25) is 0 Å². The van der Waals surface area contributed by atoms with Gasteiger partial charge in [0, 0.05) is 17.3 Å². The van der Waals surface area contributed by atoms with Crippen molar-refractivity contribution in [2.45, 2.75) is 25.2 Å². The molecule has 1 amide bonds. The zero-order chi connectivity index (χ0) is 13.6. The van der Waals surface area contributed by atoms with Crippen LogP contribution in [0.1, 0.15) is 30.6 Å². The summed E-state index contributed by atoms with van der Waals surface area (Å²) >= 11 is 7.34. The lowest BCUT2D eigenvalue weighted by Crippen LogP contribution is -2.34. The number of rotatable bonds is 6. The van der Waals surface area contributed by atoms with Crippen LogP contribution in [0.5, 0.6) is 0 Å². The van der Waals surface area contributed by atoms with E-state index in [0.717, 1.165) is 16.9 Å². The molecule has 0 saturated carbocycles. The van der Waals surface area contributed by atoms with Crippen LogP contribution in [0.15, 0.2) is 29.2 Å². The number of hydrogen-bond donors (Lipinski definition) is 1. The monoisotopic (exact) mass is 285 g/mol. The number of thioether (sulfide) groups is 1. The molecular weight excluding hydrogens is 266 g/mol. The summed E-state index contributed by atoms with van der Waals surface area (Å²) < 4.78 is 0. The van der Waals surface area contributed by atoms with Crippen LogP contribution in [-0.2, 0) is 0 Å². The number of alkyl halides is 1. The van der Waals surface area contributed by atoms with Crippen LogP contribution in [0.2, 0.25) is 0 Å². The van der Waals surface area contributed by atoms with Gasteiger partial charge in [-0.1, -0.05) is 26.0 Å². The van der Waals surface area contributed by atoms with Crippen LogP contribution < -0.4 is 5.32 Å². The van der Waals surface area contributed by atoms with Gasteiger partial charge in [-0.25, -0.2) is 0 Å². The van der Waals surface area contributed by atoms with Crippen LogP contribution >= 0.6 is 23.4 Å². The smallest absolute Gasteiger partial charge is 0.252 e. The van der Waals surface area contributed by atoms with E-state index in [-0.39, 0.29) is 11.3 Å². The first-order chi connectivity index (χ1) is 8.50. The number of amides is 1. The van der Waals surface area contributed by atoms with Gasteiger partial charge in [0.05, 0.1) is 5.56 Å². The fraction of sp³-hybridized carbons (Fsp3) is 0.500. The van der Waals surface area contributed by atoms with Crippen molar-refractivity contribution in [1.82, 2.24) is 5.32 Å². The van der Waals surface area contributed by atoms with Gasteiger partial charge in [-0.2, -0.15) is 0 Å². The maximum absolute atomic E-state index is 12.1. The average Bonchev–Trinajstić information content (AvgIpc) is 2.36. The van der Waals surface area contributed by atoms with Gasteiger partial charge >= 0.3 is 0 Å². The Balaban J connectivity index is 2.66. The number of carbonyl (C=O) groups excluding carboxylic acids is 1. The Hall–Kier alpha value is -0.670. The molecule has 1 aromatic carbocycles. The van der Waals surface area contributed by atoms with Gasteiger partial charge in [-0.15, -0.1) is 23.4 Å².